The molecule has 168 valence electrons. The van der Waals surface area contributed by atoms with Crippen LogP contribution in [0.2, 0.25) is 10.0 Å². The Morgan fingerprint density at radius 2 is 1.77 bits per heavy atom. The van der Waals surface area contributed by atoms with Gasteiger partial charge >= 0.3 is 0 Å². The summed E-state index contributed by atoms with van der Waals surface area (Å²) >= 11 is 12.2. The highest BCUT2D eigenvalue weighted by Crippen LogP contribution is 2.24. The molecule has 5 nitrogen and oxygen atoms in total. The summed E-state index contributed by atoms with van der Waals surface area (Å²) in [6, 6.07) is 10.3. The lowest BCUT2D eigenvalue weighted by molar-refractivity contribution is -0.142. The van der Waals surface area contributed by atoms with E-state index in [0.717, 1.165) is 23.1 Å². The van der Waals surface area contributed by atoms with E-state index in [-0.39, 0.29) is 31.0 Å². The van der Waals surface area contributed by atoms with E-state index in [1.807, 2.05) is 45.9 Å². The number of halogens is 2. The molecule has 2 aromatic carbocycles. The number of aryl methyl sites for hydroxylation is 2. The van der Waals surface area contributed by atoms with Gasteiger partial charge in [-0.3, -0.25) is 9.59 Å². The molecular weight excluding hydrogens is 435 g/mol. The molecule has 1 N–H and O–H groups in total. The lowest BCUT2D eigenvalue weighted by atomic mass is 10.1. The first kappa shape index (κ1) is 25.0. The molecular formula is C24H30Cl2N2O3. The first-order valence-corrected chi connectivity index (χ1v) is 11.1. The summed E-state index contributed by atoms with van der Waals surface area (Å²) in [5.74, 6) is 0.146. The average Bonchev–Trinajstić information content (AvgIpc) is 2.74. The van der Waals surface area contributed by atoms with Crippen LogP contribution >= 0.6 is 23.2 Å². The van der Waals surface area contributed by atoms with Crippen molar-refractivity contribution < 1.29 is 14.3 Å². The van der Waals surface area contributed by atoms with Crippen molar-refractivity contribution in [2.45, 2.75) is 59.7 Å². The Labute approximate surface area is 194 Å². The number of hydrogen-bond donors (Lipinski definition) is 1. The number of nitrogens with one attached hydrogen (secondary N) is 1. The average molecular weight is 465 g/mol. The molecule has 0 aromatic heterocycles. The number of ether oxygens (including phenoxy) is 1. The van der Waals surface area contributed by atoms with Crippen molar-refractivity contribution in [2.24, 2.45) is 0 Å². The molecule has 0 bridgehead atoms. The number of rotatable bonds is 9. The van der Waals surface area contributed by atoms with Crippen LogP contribution in [0.1, 0.15) is 43.9 Å². The van der Waals surface area contributed by atoms with Crippen molar-refractivity contribution in [1.82, 2.24) is 10.2 Å². The Kier molecular flexibility index (Phi) is 9.20. The van der Waals surface area contributed by atoms with Crippen molar-refractivity contribution in [3.05, 3.63) is 63.1 Å². The van der Waals surface area contributed by atoms with Crippen LogP contribution in [0.25, 0.3) is 0 Å². The van der Waals surface area contributed by atoms with Crippen LogP contribution in [-0.4, -0.2) is 35.4 Å². The number of nitrogens with zero attached hydrogens (tertiary/aromatic N) is 1. The Morgan fingerprint density at radius 1 is 1.06 bits per heavy atom. The van der Waals surface area contributed by atoms with Crippen molar-refractivity contribution in [3.8, 4) is 5.75 Å². The highest BCUT2D eigenvalue weighted by atomic mass is 35.5. The minimum atomic E-state index is -0.682. The predicted octanol–water partition coefficient (Wildman–Crippen LogP) is 5.32. The highest BCUT2D eigenvalue weighted by Gasteiger charge is 2.27. The van der Waals surface area contributed by atoms with E-state index in [4.69, 9.17) is 27.9 Å². The second kappa shape index (κ2) is 11.4. The molecule has 2 amide bonds. The van der Waals surface area contributed by atoms with E-state index >= 15 is 0 Å². The molecule has 0 aliphatic heterocycles. The summed E-state index contributed by atoms with van der Waals surface area (Å²) in [5, 5.41) is 3.77. The molecule has 0 aliphatic carbocycles. The number of amides is 2. The van der Waals surface area contributed by atoms with E-state index < -0.39 is 6.04 Å². The molecule has 0 spiro atoms. The van der Waals surface area contributed by atoms with Gasteiger partial charge in [0.2, 0.25) is 5.91 Å². The normalized spacial score (nSPS) is 12.7. The number of hydrogen-bond acceptors (Lipinski definition) is 3. The number of carbonyl (C=O) groups excluding carboxylic acids is 2. The van der Waals surface area contributed by atoms with Crippen LogP contribution in [0.15, 0.2) is 36.4 Å². The molecule has 0 fully saturated rings. The van der Waals surface area contributed by atoms with Crippen LogP contribution in [0.4, 0.5) is 0 Å². The molecule has 31 heavy (non-hydrogen) atoms. The molecule has 7 heteroatoms. The van der Waals surface area contributed by atoms with Crippen molar-refractivity contribution in [2.75, 3.05) is 6.61 Å². The summed E-state index contributed by atoms with van der Waals surface area (Å²) in [4.78, 5) is 27.4. The second-order valence-corrected chi connectivity index (χ2v) is 8.64. The third kappa shape index (κ3) is 7.15. The summed E-state index contributed by atoms with van der Waals surface area (Å²) in [7, 11) is 0. The fraction of sp³-hybridized carbons (Fsp3) is 0.417. The molecule has 0 saturated heterocycles. The van der Waals surface area contributed by atoms with Gasteiger partial charge in [-0.05, 0) is 69.0 Å². The first-order valence-electron chi connectivity index (χ1n) is 10.4. The maximum atomic E-state index is 13.1. The zero-order valence-corrected chi connectivity index (χ0v) is 20.2. The van der Waals surface area contributed by atoms with Gasteiger partial charge in [0.15, 0.2) is 6.61 Å². The topological polar surface area (TPSA) is 58.6 Å². The van der Waals surface area contributed by atoms with Gasteiger partial charge in [0.1, 0.15) is 11.8 Å². The Hall–Kier alpha value is -2.24. The van der Waals surface area contributed by atoms with Gasteiger partial charge in [-0.2, -0.15) is 0 Å². The maximum Gasteiger partial charge on any atom is 0.261 e. The smallest absolute Gasteiger partial charge is 0.261 e. The predicted molar refractivity (Wildman–Crippen MR) is 126 cm³/mol. The van der Waals surface area contributed by atoms with E-state index in [9.17, 15) is 9.59 Å². The van der Waals surface area contributed by atoms with Crippen molar-refractivity contribution in [1.29, 1.82) is 0 Å². The molecule has 0 unspecified atom stereocenters. The molecule has 0 heterocycles. The number of benzene rings is 2. The van der Waals surface area contributed by atoms with Gasteiger partial charge in [-0.15, -0.1) is 0 Å². The Balaban J connectivity index is 2.22. The van der Waals surface area contributed by atoms with Crippen LogP contribution in [0.3, 0.4) is 0 Å². The van der Waals surface area contributed by atoms with Gasteiger partial charge in [-0.1, -0.05) is 48.3 Å². The standard InChI is InChI=1S/C24H30Cl2N2O3/c1-6-17(4)27-24(30)18(5)28(13-19-9-10-20(25)21(26)12-19)23(29)14-31-22-11-15(2)7-8-16(22)3/h7-12,17-18H,6,13-14H2,1-5H3,(H,27,30)/t17-,18+/m1/s1. The summed E-state index contributed by atoms with van der Waals surface area (Å²) in [5.41, 5.74) is 2.76. The van der Waals surface area contributed by atoms with Crippen molar-refractivity contribution in [3.63, 3.8) is 0 Å². The largest absolute Gasteiger partial charge is 0.483 e. The minimum Gasteiger partial charge on any atom is -0.483 e. The van der Waals surface area contributed by atoms with E-state index in [0.29, 0.717) is 15.8 Å². The molecule has 2 atom stereocenters. The van der Waals surface area contributed by atoms with Gasteiger partial charge < -0.3 is 15.0 Å². The van der Waals surface area contributed by atoms with Crippen LogP contribution in [-0.2, 0) is 16.1 Å². The van der Waals surface area contributed by atoms with Gasteiger partial charge in [0.05, 0.1) is 10.0 Å². The highest BCUT2D eigenvalue weighted by molar-refractivity contribution is 6.42. The fourth-order valence-corrected chi connectivity index (χ4v) is 3.29. The monoisotopic (exact) mass is 464 g/mol. The lowest BCUT2D eigenvalue weighted by Gasteiger charge is -2.29. The molecule has 0 radical (unpaired) electrons. The third-order valence-corrected chi connectivity index (χ3v) is 5.94. The van der Waals surface area contributed by atoms with Gasteiger partial charge in [-0.25, -0.2) is 0 Å². The van der Waals surface area contributed by atoms with E-state index in [2.05, 4.69) is 5.32 Å². The summed E-state index contributed by atoms with van der Waals surface area (Å²) < 4.78 is 5.80. The molecule has 0 saturated carbocycles. The Bertz CT molecular complexity index is 933. The third-order valence-electron chi connectivity index (χ3n) is 5.20. The summed E-state index contributed by atoms with van der Waals surface area (Å²) in [6.07, 6.45) is 0.801. The van der Waals surface area contributed by atoms with Crippen LogP contribution in [0.5, 0.6) is 5.75 Å². The van der Waals surface area contributed by atoms with Gasteiger partial charge in [0.25, 0.3) is 5.91 Å². The Morgan fingerprint density at radius 3 is 2.42 bits per heavy atom. The first-order chi connectivity index (χ1) is 14.6. The second-order valence-electron chi connectivity index (χ2n) is 7.82. The number of carbonyl (C=O) groups is 2. The quantitative estimate of drug-likeness (QED) is 0.545. The van der Waals surface area contributed by atoms with Crippen molar-refractivity contribution >= 4 is 35.0 Å². The molecule has 2 aromatic rings. The van der Waals surface area contributed by atoms with Gasteiger partial charge in [0, 0.05) is 12.6 Å². The molecule has 2 rings (SSSR count). The summed E-state index contributed by atoms with van der Waals surface area (Å²) in [6.45, 7) is 9.56. The van der Waals surface area contributed by atoms with Crippen LogP contribution in [0, 0.1) is 13.8 Å². The maximum absolute atomic E-state index is 13.1. The zero-order valence-electron chi connectivity index (χ0n) is 18.7. The van der Waals surface area contributed by atoms with Crippen LogP contribution < -0.4 is 10.1 Å². The SMILES string of the molecule is CC[C@@H](C)NC(=O)[C@H](C)N(Cc1ccc(Cl)c(Cl)c1)C(=O)COc1cc(C)ccc1C. The minimum absolute atomic E-state index is 0.0167. The fourth-order valence-electron chi connectivity index (χ4n) is 2.97. The zero-order chi connectivity index (χ0) is 23.1. The van der Waals surface area contributed by atoms with E-state index in [1.165, 1.54) is 4.90 Å². The lowest BCUT2D eigenvalue weighted by Crippen LogP contribution is -2.50. The van der Waals surface area contributed by atoms with E-state index in [1.54, 1.807) is 25.1 Å². The molecule has 0 aliphatic rings.